The van der Waals surface area contributed by atoms with Crippen LogP contribution in [-0.4, -0.2) is 48.5 Å². The van der Waals surface area contributed by atoms with Crippen LogP contribution in [0.1, 0.15) is 20.3 Å². The summed E-state index contributed by atoms with van der Waals surface area (Å²) in [5.74, 6) is 0.368. The molecule has 0 aliphatic rings. The molecular weight excluding hydrogens is 216 g/mol. The zero-order valence-electron chi connectivity index (χ0n) is 9.56. The second kappa shape index (κ2) is 9.00. The predicted molar refractivity (Wildman–Crippen MR) is 61.1 cm³/mol. The van der Waals surface area contributed by atoms with Crippen LogP contribution in [0.2, 0.25) is 0 Å². The molecule has 0 fully saturated rings. The Balaban J connectivity index is 3.52. The van der Waals surface area contributed by atoms with Crippen molar-refractivity contribution in [2.24, 2.45) is 0 Å². The van der Waals surface area contributed by atoms with Gasteiger partial charge in [0.05, 0.1) is 26.2 Å². The summed E-state index contributed by atoms with van der Waals surface area (Å²) in [5, 5.41) is 9.62. The monoisotopic (exact) mass is 236 g/mol. The molecule has 0 aromatic rings. The van der Waals surface area contributed by atoms with Crippen LogP contribution in [-0.2, 0) is 14.3 Å². The Bertz CT molecular complexity index is 175. The highest BCUT2D eigenvalue weighted by Gasteiger charge is 2.12. The Morgan fingerprint density at radius 1 is 1.53 bits per heavy atom. The van der Waals surface area contributed by atoms with Crippen molar-refractivity contribution in [3.05, 3.63) is 0 Å². The highest BCUT2D eigenvalue weighted by molar-refractivity contribution is 7.99. The van der Waals surface area contributed by atoms with Crippen molar-refractivity contribution in [1.82, 2.24) is 0 Å². The highest BCUT2D eigenvalue weighted by Crippen LogP contribution is 2.15. The van der Waals surface area contributed by atoms with E-state index >= 15 is 0 Å². The zero-order chi connectivity index (χ0) is 11.7. The minimum absolute atomic E-state index is 0.161. The van der Waals surface area contributed by atoms with Gasteiger partial charge in [0, 0.05) is 17.6 Å². The second-order valence-corrected chi connectivity index (χ2v) is 4.71. The van der Waals surface area contributed by atoms with Gasteiger partial charge < -0.3 is 14.6 Å². The molecule has 15 heavy (non-hydrogen) atoms. The van der Waals surface area contributed by atoms with Gasteiger partial charge in [-0.1, -0.05) is 6.92 Å². The third kappa shape index (κ3) is 8.72. The summed E-state index contributed by atoms with van der Waals surface area (Å²) in [6, 6.07) is 0. The Labute approximate surface area is 95.3 Å². The van der Waals surface area contributed by atoms with Gasteiger partial charge in [0.2, 0.25) is 0 Å². The molecule has 0 aliphatic carbocycles. The van der Waals surface area contributed by atoms with Crippen LogP contribution < -0.4 is 0 Å². The van der Waals surface area contributed by atoms with Crippen LogP contribution in [0.4, 0.5) is 0 Å². The van der Waals surface area contributed by atoms with E-state index in [1.54, 1.807) is 11.8 Å². The molecule has 90 valence electrons. The van der Waals surface area contributed by atoms with Crippen LogP contribution in [0.25, 0.3) is 0 Å². The van der Waals surface area contributed by atoms with Crippen LogP contribution in [0, 0.1) is 0 Å². The Morgan fingerprint density at radius 3 is 2.73 bits per heavy atom. The molecule has 0 heterocycles. The summed E-state index contributed by atoms with van der Waals surface area (Å²) < 4.78 is 9.63. The first-order chi connectivity index (χ1) is 7.10. The van der Waals surface area contributed by atoms with E-state index in [9.17, 15) is 9.90 Å². The number of carbonyl (C=O) groups is 1. The number of ether oxygens (including phenoxy) is 2. The van der Waals surface area contributed by atoms with Gasteiger partial charge in [0.15, 0.2) is 0 Å². The largest absolute Gasteiger partial charge is 0.469 e. The topological polar surface area (TPSA) is 55.8 Å². The molecule has 0 aromatic heterocycles. The number of thioether (sulfide) groups is 1. The first-order valence-corrected chi connectivity index (χ1v) is 6.09. The van der Waals surface area contributed by atoms with Crippen molar-refractivity contribution in [3.63, 3.8) is 0 Å². The first kappa shape index (κ1) is 14.7. The van der Waals surface area contributed by atoms with E-state index in [1.165, 1.54) is 7.11 Å². The van der Waals surface area contributed by atoms with Crippen molar-refractivity contribution in [2.45, 2.75) is 31.6 Å². The minimum atomic E-state index is -0.463. The molecule has 0 radical (unpaired) electrons. The standard InChI is InChI=1S/C10H20O4S/c1-4-14-6-9(11)7-15-8(2)5-10(12)13-3/h8-9,11H,4-7H2,1-3H3. The summed E-state index contributed by atoms with van der Waals surface area (Å²) in [6.07, 6.45) is -0.0854. The van der Waals surface area contributed by atoms with E-state index < -0.39 is 6.10 Å². The number of aliphatic hydroxyl groups excluding tert-OH is 1. The van der Waals surface area contributed by atoms with E-state index in [0.717, 1.165) is 0 Å². The number of rotatable bonds is 8. The van der Waals surface area contributed by atoms with E-state index in [-0.39, 0.29) is 11.2 Å². The molecule has 0 aromatic carbocycles. The van der Waals surface area contributed by atoms with Crippen molar-refractivity contribution in [1.29, 1.82) is 0 Å². The molecule has 5 heteroatoms. The van der Waals surface area contributed by atoms with Gasteiger partial charge in [0.1, 0.15) is 0 Å². The summed E-state index contributed by atoms with van der Waals surface area (Å²) in [5.41, 5.74) is 0. The Kier molecular flexibility index (Phi) is 8.85. The number of carbonyl (C=O) groups excluding carboxylic acids is 1. The lowest BCUT2D eigenvalue weighted by Crippen LogP contribution is -2.20. The van der Waals surface area contributed by atoms with E-state index in [1.807, 2.05) is 13.8 Å². The maximum atomic E-state index is 10.9. The van der Waals surface area contributed by atoms with Crippen molar-refractivity contribution >= 4 is 17.7 Å². The second-order valence-electron chi connectivity index (χ2n) is 3.24. The average Bonchev–Trinajstić information content (AvgIpc) is 2.23. The molecular formula is C10H20O4S. The van der Waals surface area contributed by atoms with Crippen molar-refractivity contribution < 1.29 is 19.4 Å². The molecule has 0 saturated carbocycles. The van der Waals surface area contributed by atoms with Gasteiger partial charge in [-0.05, 0) is 6.92 Å². The quantitative estimate of drug-likeness (QED) is 0.639. The van der Waals surface area contributed by atoms with E-state index in [4.69, 9.17) is 4.74 Å². The van der Waals surface area contributed by atoms with Gasteiger partial charge in [-0.15, -0.1) is 0 Å². The first-order valence-electron chi connectivity index (χ1n) is 5.04. The SMILES string of the molecule is CCOCC(O)CSC(C)CC(=O)OC. The third-order valence-electron chi connectivity index (χ3n) is 1.77. The van der Waals surface area contributed by atoms with Gasteiger partial charge in [-0.2, -0.15) is 11.8 Å². The average molecular weight is 236 g/mol. The number of aliphatic hydroxyl groups is 1. The number of hydrogen-bond acceptors (Lipinski definition) is 5. The van der Waals surface area contributed by atoms with Gasteiger partial charge in [0.25, 0.3) is 0 Å². The lowest BCUT2D eigenvalue weighted by molar-refractivity contribution is -0.140. The molecule has 1 N–H and O–H groups in total. The normalized spacial score (nSPS) is 14.7. The smallest absolute Gasteiger partial charge is 0.306 e. The summed E-state index contributed by atoms with van der Waals surface area (Å²) in [7, 11) is 1.38. The van der Waals surface area contributed by atoms with Crippen LogP contribution in [0.15, 0.2) is 0 Å². The fourth-order valence-corrected chi connectivity index (χ4v) is 1.86. The van der Waals surface area contributed by atoms with Gasteiger partial charge in [-0.25, -0.2) is 0 Å². The molecule has 0 bridgehead atoms. The molecule has 2 atom stereocenters. The van der Waals surface area contributed by atoms with Gasteiger partial charge >= 0.3 is 5.97 Å². The maximum Gasteiger partial charge on any atom is 0.306 e. The number of esters is 1. The molecule has 2 unspecified atom stereocenters. The van der Waals surface area contributed by atoms with Gasteiger partial charge in [-0.3, -0.25) is 4.79 Å². The molecule has 0 spiro atoms. The zero-order valence-corrected chi connectivity index (χ0v) is 10.4. The number of methoxy groups -OCH3 is 1. The van der Waals surface area contributed by atoms with Crippen LogP contribution in [0.5, 0.6) is 0 Å². The Morgan fingerprint density at radius 2 is 2.20 bits per heavy atom. The molecule has 4 nitrogen and oxygen atoms in total. The highest BCUT2D eigenvalue weighted by atomic mass is 32.2. The van der Waals surface area contributed by atoms with Crippen LogP contribution in [0.3, 0.4) is 0 Å². The lowest BCUT2D eigenvalue weighted by atomic mass is 10.3. The molecule has 0 saturated heterocycles. The maximum absolute atomic E-state index is 10.9. The summed E-state index contributed by atoms with van der Waals surface area (Å²) in [6.45, 7) is 4.79. The molecule has 0 aliphatic heterocycles. The van der Waals surface area contributed by atoms with E-state index in [2.05, 4.69) is 4.74 Å². The number of hydrogen-bond donors (Lipinski definition) is 1. The molecule has 0 amide bonds. The summed E-state index contributed by atoms with van der Waals surface area (Å²) in [4.78, 5) is 10.9. The fraction of sp³-hybridized carbons (Fsp3) is 0.900. The van der Waals surface area contributed by atoms with Crippen molar-refractivity contribution in [3.8, 4) is 0 Å². The molecule has 0 rings (SSSR count). The van der Waals surface area contributed by atoms with Crippen LogP contribution >= 0.6 is 11.8 Å². The van der Waals surface area contributed by atoms with E-state index in [0.29, 0.717) is 25.4 Å². The van der Waals surface area contributed by atoms with Crippen molar-refractivity contribution in [2.75, 3.05) is 26.1 Å². The lowest BCUT2D eigenvalue weighted by Gasteiger charge is -2.13. The predicted octanol–water partition coefficient (Wildman–Crippen LogP) is 1.07. The summed E-state index contributed by atoms with van der Waals surface area (Å²) >= 11 is 1.55. The minimum Gasteiger partial charge on any atom is -0.469 e. The third-order valence-corrected chi connectivity index (χ3v) is 3.08. The Hall–Kier alpha value is -0.260. The fourth-order valence-electron chi connectivity index (χ4n) is 0.954.